The van der Waals surface area contributed by atoms with Crippen molar-refractivity contribution in [3.8, 4) is 0 Å². The summed E-state index contributed by atoms with van der Waals surface area (Å²) >= 11 is 0. The summed E-state index contributed by atoms with van der Waals surface area (Å²) in [4.78, 5) is 23.8. The molecule has 0 aromatic carbocycles. The van der Waals surface area contributed by atoms with Gasteiger partial charge in [-0.05, 0) is 20.8 Å². The van der Waals surface area contributed by atoms with Gasteiger partial charge in [-0.3, -0.25) is 9.59 Å². The van der Waals surface area contributed by atoms with Gasteiger partial charge >= 0.3 is 5.97 Å². The zero-order chi connectivity index (χ0) is 12.2. The zero-order valence-electron chi connectivity index (χ0n) is 9.65. The third-order valence-corrected chi connectivity index (χ3v) is 2.49. The Labute approximate surface area is 89.7 Å². The average Bonchev–Trinajstić information content (AvgIpc) is 2.14. The fourth-order valence-corrected chi connectivity index (χ4v) is 0.947. The predicted octanol–water partition coefficient (Wildman–Crippen LogP) is 0.326. The van der Waals surface area contributed by atoms with Gasteiger partial charge in [-0.2, -0.15) is 0 Å². The first-order chi connectivity index (χ1) is 6.72. The van der Waals surface area contributed by atoms with E-state index in [-0.39, 0.29) is 25.0 Å². The van der Waals surface area contributed by atoms with Gasteiger partial charge in [0.15, 0.2) is 0 Å². The molecule has 0 heterocycles. The van der Waals surface area contributed by atoms with Crippen molar-refractivity contribution in [1.29, 1.82) is 0 Å². The molecular weight excluding hydrogens is 198 g/mol. The number of aliphatic hydroxyl groups is 1. The fourth-order valence-electron chi connectivity index (χ4n) is 0.947. The number of likely N-dealkylation sites (N-methyl/N-ethyl adjacent to an activating group) is 1. The van der Waals surface area contributed by atoms with E-state index in [1.165, 1.54) is 18.7 Å². The summed E-state index contributed by atoms with van der Waals surface area (Å²) < 4.78 is 0. The number of carboxylic acids is 1. The lowest BCUT2D eigenvalue weighted by molar-refractivity contribution is -0.151. The summed E-state index contributed by atoms with van der Waals surface area (Å²) in [5, 5.41) is 17.7. The van der Waals surface area contributed by atoms with Crippen molar-refractivity contribution in [2.45, 2.75) is 33.2 Å². The predicted molar refractivity (Wildman–Crippen MR) is 55.4 cm³/mol. The fraction of sp³-hybridized carbons (Fsp3) is 0.800. The molecule has 0 aromatic heterocycles. The van der Waals surface area contributed by atoms with Gasteiger partial charge in [0.1, 0.15) is 0 Å². The molecule has 1 atom stereocenters. The first-order valence-electron chi connectivity index (χ1n) is 4.82. The second-order valence-electron chi connectivity index (χ2n) is 4.40. The molecule has 15 heavy (non-hydrogen) atoms. The maximum Gasteiger partial charge on any atom is 0.309 e. The maximum absolute atomic E-state index is 11.6. The number of aliphatic hydroxyl groups excluding tert-OH is 1. The van der Waals surface area contributed by atoms with Crippen LogP contribution in [0.15, 0.2) is 0 Å². The minimum absolute atomic E-state index is 0.0663. The van der Waals surface area contributed by atoms with Gasteiger partial charge in [0.2, 0.25) is 5.91 Å². The van der Waals surface area contributed by atoms with Crippen LogP contribution in [-0.4, -0.2) is 46.7 Å². The van der Waals surface area contributed by atoms with E-state index in [4.69, 9.17) is 10.2 Å². The van der Waals surface area contributed by atoms with Crippen LogP contribution in [0, 0.1) is 5.41 Å². The van der Waals surface area contributed by atoms with Crippen LogP contribution in [0.25, 0.3) is 0 Å². The molecule has 0 fully saturated rings. The van der Waals surface area contributed by atoms with E-state index in [2.05, 4.69) is 0 Å². The molecule has 5 heteroatoms. The lowest BCUT2D eigenvalue weighted by atomic mass is 9.89. The van der Waals surface area contributed by atoms with Crippen LogP contribution in [-0.2, 0) is 9.59 Å². The molecule has 0 bridgehead atoms. The van der Waals surface area contributed by atoms with E-state index in [9.17, 15) is 9.59 Å². The molecule has 0 aliphatic carbocycles. The molecule has 1 unspecified atom stereocenters. The van der Waals surface area contributed by atoms with Crippen molar-refractivity contribution in [3.05, 3.63) is 0 Å². The van der Waals surface area contributed by atoms with E-state index in [1.54, 1.807) is 14.0 Å². The van der Waals surface area contributed by atoms with Gasteiger partial charge < -0.3 is 15.1 Å². The van der Waals surface area contributed by atoms with Crippen molar-refractivity contribution in [3.63, 3.8) is 0 Å². The number of carboxylic acid groups (broad SMARTS) is 1. The SMILES string of the molecule is CC(CO)N(C)C(=O)CC(C)(C)C(=O)O. The minimum Gasteiger partial charge on any atom is -0.481 e. The van der Waals surface area contributed by atoms with Crippen molar-refractivity contribution in [2.24, 2.45) is 5.41 Å². The van der Waals surface area contributed by atoms with Crippen molar-refractivity contribution in [1.82, 2.24) is 4.90 Å². The number of carbonyl (C=O) groups is 2. The van der Waals surface area contributed by atoms with E-state index in [0.29, 0.717) is 0 Å². The molecule has 88 valence electrons. The number of amides is 1. The Morgan fingerprint density at radius 3 is 2.20 bits per heavy atom. The molecule has 0 spiro atoms. The molecule has 0 radical (unpaired) electrons. The number of nitrogens with zero attached hydrogens (tertiary/aromatic N) is 1. The van der Waals surface area contributed by atoms with Crippen LogP contribution in [0.1, 0.15) is 27.2 Å². The molecule has 0 rings (SSSR count). The molecule has 0 aliphatic heterocycles. The Kier molecular flexibility index (Phi) is 4.74. The highest BCUT2D eigenvalue weighted by atomic mass is 16.4. The van der Waals surface area contributed by atoms with Crippen LogP contribution in [0.4, 0.5) is 0 Å². The Balaban J connectivity index is 4.43. The third-order valence-electron chi connectivity index (χ3n) is 2.49. The highest BCUT2D eigenvalue weighted by molar-refractivity contribution is 5.84. The van der Waals surface area contributed by atoms with Gasteiger partial charge in [0.25, 0.3) is 0 Å². The molecule has 5 nitrogen and oxygen atoms in total. The zero-order valence-corrected chi connectivity index (χ0v) is 9.65. The van der Waals surface area contributed by atoms with Crippen molar-refractivity contribution in [2.75, 3.05) is 13.7 Å². The highest BCUT2D eigenvalue weighted by Gasteiger charge is 2.32. The van der Waals surface area contributed by atoms with Crippen LogP contribution in [0.5, 0.6) is 0 Å². The lowest BCUT2D eigenvalue weighted by Gasteiger charge is -2.27. The number of aliphatic carboxylic acids is 1. The molecule has 0 saturated carbocycles. The van der Waals surface area contributed by atoms with Crippen molar-refractivity contribution < 1.29 is 19.8 Å². The van der Waals surface area contributed by atoms with E-state index in [1.807, 2.05) is 0 Å². The second-order valence-corrected chi connectivity index (χ2v) is 4.40. The highest BCUT2D eigenvalue weighted by Crippen LogP contribution is 2.21. The molecule has 0 aromatic rings. The summed E-state index contributed by atoms with van der Waals surface area (Å²) in [7, 11) is 1.56. The topological polar surface area (TPSA) is 77.8 Å². The van der Waals surface area contributed by atoms with E-state index < -0.39 is 11.4 Å². The monoisotopic (exact) mass is 217 g/mol. The maximum atomic E-state index is 11.6. The Hall–Kier alpha value is -1.10. The van der Waals surface area contributed by atoms with Crippen LogP contribution >= 0.6 is 0 Å². The molecular formula is C10H19NO4. The summed E-state index contributed by atoms with van der Waals surface area (Å²) in [6.45, 7) is 4.58. The van der Waals surface area contributed by atoms with Gasteiger partial charge in [0.05, 0.1) is 18.1 Å². The summed E-state index contributed by atoms with van der Waals surface area (Å²) in [5.41, 5.74) is -1.07. The number of hydrogen-bond donors (Lipinski definition) is 2. The van der Waals surface area contributed by atoms with Gasteiger partial charge in [-0.1, -0.05) is 0 Å². The first kappa shape index (κ1) is 13.9. The summed E-state index contributed by atoms with van der Waals surface area (Å²) in [6, 6.07) is -0.290. The van der Waals surface area contributed by atoms with Crippen LogP contribution in [0.3, 0.4) is 0 Å². The smallest absolute Gasteiger partial charge is 0.309 e. The first-order valence-corrected chi connectivity index (χ1v) is 4.82. The molecule has 2 N–H and O–H groups in total. The summed E-state index contributed by atoms with van der Waals surface area (Å²) in [6.07, 6.45) is -0.0663. The Bertz CT molecular complexity index is 250. The molecule has 0 aliphatic rings. The number of carbonyl (C=O) groups excluding carboxylic acids is 1. The van der Waals surface area contributed by atoms with Crippen LogP contribution in [0.2, 0.25) is 0 Å². The number of hydrogen-bond acceptors (Lipinski definition) is 3. The Morgan fingerprint density at radius 1 is 1.40 bits per heavy atom. The summed E-state index contributed by atoms with van der Waals surface area (Å²) in [5.74, 6) is -1.27. The van der Waals surface area contributed by atoms with Gasteiger partial charge in [-0.25, -0.2) is 0 Å². The van der Waals surface area contributed by atoms with E-state index in [0.717, 1.165) is 0 Å². The molecule has 0 saturated heterocycles. The lowest BCUT2D eigenvalue weighted by Crippen LogP contribution is -2.40. The third kappa shape index (κ3) is 3.87. The van der Waals surface area contributed by atoms with Crippen molar-refractivity contribution >= 4 is 11.9 Å². The molecule has 1 amide bonds. The van der Waals surface area contributed by atoms with Gasteiger partial charge in [0, 0.05) is 13.5 Å². The normalized spacial score (nSPS) is 13.4. The standard InChI is InChI=1S/C10H19NO4/c1-7(6-12)11(4)8(13)5-10(2,3)9(14)15/h7,12H,5-6H2,1-4H3,(H,14,15). The Morgan fingerprint density at radius 2 is 1.87 bits per heavy atom. The average molecular weight is 217 g/mol. The van der Waals surface area contributed by atoms with Gasteiger partial charge in [-0.15, -0.1) is 0 Å². The van der Waals surface area contributed by atoms with Crippen LogP contribution < -0.4 is 0 Å². The largest absolute Gasteiger partial charge is 0.481 e. The number of rotatable bonds is 5. The van der Waals surface area contributed by atoms with E-state index >= 15 is 0 Å². The second kappa shape index (κ2) is 5.11. The minimum atomic E-state index is -1.07. The quantitative estimate of drug-likeness (QED) is 0.695.